The molecule has 0 spiro atoms. The van der Waals surface area contributed by atoms with Crippen molar-refractivity contribution in [1.82, 2.24) is 10.3 Å². The molecular weight excluding hydrogens is 244 g/mol. The summed E-state index contributed by atoms with van der Waals surface area (Å²) in [5.41, 5.74) is 1.01. The molecule has 1 heterocycles. The van der Waals surface area contributed by atoms with Gasteiger partial charge in [0.2, 0.25) is 0 Å². The van der Waals surface area contributed by atoms with Crippen LogP contribution in [0.25, 0.3) is 0 Å². The molecule has 1 aliphatic carbocycles. The van der Waals surface area contributed by atoms with Crippen molar-refractivity contribution in [3.63, 3.8) is 0 Å². The van der Waals surface area contributed by atoms with E-state index in [1.807, 2.05) is 18.3 Å². The fraction of sp³-hybridized carbons (Fsp3) is 0.667. The highest BCUT2D eigenvalue weighted by molar-refractivity contribution is 6.31. The van der Waals surface area contributed by atoms with Gasteiger partial charge in [-0.3, -0.25) is 4.98 Å². The Balaban J connectivity index is 1.96. The Hall–Kier alpha value is -0.600. The minimum atomic E-state index is 0.310. The van der Waals surface area contributed by atoms with E-state index in [1.165, 1.54) is 32.1 Å². The highest BCUT2D eigenvalue weighted by atomic mass is 35.5. The van der Waals surface area contributed by atoms with Gasteiger partial charge in [-0.15, -0.1) is 0 Å². The highest BCUT2D eigenvalue weighted by Crippen LogP contribution is 2.32. The summed E-state index contributed by atoms with van der Waals surface area (Å²) in [6.45, 7) is 3.10. The van der Waals surface area contributed by atoms with E-state index in [4.69, 9.17) is 11.6 Å². The molecule has 1 unspecified atom stereocenters. The Morgan fingerprint density at radius 3 is 2.89 bits per heavy atom. The van der Waals surface area contributed by atoms with Gasteiger partial charge in [-0.2, -0.15) is 0 Å². The molecule has 0 radical (unpaired) electrons. The zero-order valence-electron chi connectivity index (χ0n) is 11.2. The fourth-order valence-corrected chi connectivity index (χ4v) is 3.19. The van der Waals surface area contributed by atoms with Crippen LogP contribution in [0.4, 0.5) is 0 Å². The first-order chi connectivity index (χ1) is 8.81. The Kier molecular flexibility index (Phi) is 5.45. The van der Waals surface area contributed by atoms with Crippen molar-refractivity contribution in [2.75, 3.05) is 6.54 Å². The third-order valence-corrected chi connectivity index (χ3v) is 4.23. The summed E-state index contributed by atoms with van der Waals surface area (Å²) in [6, 6.07) is 4.14. The summed E-state index contributed by atoms with van der Waals surface area (Å²) in [7, 11) is 0. The van der Waals surface area contributed by atoms with Gasteiger partial charge in [-0.05, 0) is 37.4 Å². The number of hydrogen-bond donors (Lipinski definition) is 1. The summed E-state index contributed by atoms with van der Waals surface area (Å²) in [6.07, 6.45) is 9.94. The quantitative estimate of drug-likeness (QED) is 0.828. The molecule has 2 nitrogen and oxygen atoms in total. The zero-order chi connectivity index (χ0) is 12.8. The maximum absolute atomic E-state index is 6.25. The van der Waals surface area contributed by atoms with Crippen LogP contribution in [0.2, 0.25) is 5.02 Å². The Labute approximate surface area is 115 Å². The van der Waals surface area contributed by atoms with Gasteiger partial charge >= 0.3 is 0 Å². The molecule has 1 aliphatic rings. The molecule has 1 N–H and O–H groups in total. The van der Waals surface area contributed by atoms with E-state index in [-0.39, 0.29) is 0 Å². The van der Waals surface area contributed by atoms with Crippen molar-refractivity contribution < 1.29 is 0 Å². The monoisotopic (exact) mass is 266 g/mol. The smallest absolute Gasteiger partial charge is 0.0758 e. The van der Waals surface area contributed by atoms with Crippen LogP contribution >= 0.6 is 11.6 Å². The van der Waals surface area contributed by atoms with Crippen LogP contribution in [0.15, 0.2) is 18.3 Å². The van der Waals surface area contributed by atoms with E-state index >= 15 is 0 Å². The Morgan fingerprint density at radius 2 is 2.22 bits per heavy atom. The summed E-state index contributed by atoms with van der Waals surface area (Å²) in [5.74, 6) is 0.925. The molecule has 100 valence electrons. The van der Waals surface area contributed by atoms with E-state index in [0.29, 0.717) is 6.04 Å². The molecule has 0 amide bonds. The first-order valence-corrected chi connectivity index (χ1v) is 7.53. The largest absolute Gasteiger partial charge is 0.309 e. The van der Waals surface area contributed by atoms with Gasteiger partial charge in [0, 0.05) is 6.20 Å². The molecule has 18 heavy (non-hydrogen) atoms. The maximum Gasteiger partial charge on any atom is 0.0758 e. The van der Waals surface area contributed by atoms with E-state index in [2.05, 4.69) is 17.2 Å². The van der Waals surface area contributed by atoms with Crippen LogP contribution in [-0.4, -0.2) is 11.5 Å². The Bertz CT molecular complexity index is 361. The van der Waals surface area contributed by atoms with E-state index in [1.54, 1.807) is 0 Å². The number of halogens is 1. The van der Waals surface area contributed by atoms with Crippen LogP contribution in [0.3, 0.4) is 0 Å². The molecule has 1 aromatic heterocycles. The average Bonchev–Trinajstić information content (AvgIpc) is 2.88. The normalized spacial score (nSPS) is 18.1. The van der Waals surface area contributed by atoms with Gasteiger partial charge in [0.15, 0.2) is 0 Å². The van der Waals surface area contributed by atoms with Crippen molar-refractivity contribution in [2.24, 2.45) is 5.92 Å². The molecule has 1 fully saturated rings. The van der Waals surface area contributed by atoms with Crippen molar-refractivity contribution >= 4 is 11.6 Å². The lowest BCUT2D eigenvalue weighted by Crippen LogP contribution is -2.22. The maximum atomic E-state index is 6.25. The summed E-state index contributed by atoms with van der Waals surface area (Å²) < 4.78 is 0. The van der Waals surface area contributed by atoms with Crippen molar-refractivity contribution in [3.8, 4) is 0 Å². The van der Waals surface area contributed by atoms with Crippen molar-refractivity contribution in [2.45, 2.75) is 51.5 Å². The zero-order valence-corrected chi connectivity index (χ0v) is 11.9. The second-order valence-electron chi connectivity index (χ2n) is 5.21. The first kappa shape index (κ1) is 13.8. The lowest BCUT2D eigenvalue weighted by atomic mass is 9.97. The average molecular weight is 267 g/mol. The van der Waals surface area contributed by atoms with Gasteiger partial charge < -0.3 is 5.32 Å². The molecule has 1 saturated carbocycles. The molecular formula is C15H23ClN2. The third kappa shape index (κ3) is 3.69. The lowest BCUT2D eigenvalue weighted by Gasteiger charge is -2.20. The molecule has 1 aromatic rings. The fourth-order valence-electron chi connectivity index (χ4n) is 2.94. The van der Waals surface area contributed by atoms with Crippen molar-refractivity contribution in [3.05, 3.63) is 29.0 Å². The molecule has 0 saturated heterocycles. The number of nitrogens with zero attached hydrogens (tertiary/aromatic N) is 1. The molecule has 0 bridgehead atoms. The standard InChI is InChI=1S/C15H23ClN2/c1-2-17-14(10-9-12-6-3-4-7-12)15-13(16)8-5-11-18-15/h5,8,11-12,14,17H,2-4,6-7,9-10H2,1H3. The second kappa shape index (κ2) is 7.10. The lowest BCUT2D eigenvalue weighted by molar-refractivity contribution is 0.412. The predicted molar refractivity (Wildman–Crippen MR) is 76.9 cm³/mol. The number of pyridine rings is 1. The van der Waals surface area contributed by atoms with Crippen LogP contribution in [0, 0.1) is 5.92 Å². The minimum absolute atomic E-state index is 0.310. The molecule has 1 atom stereocenters. The van der Waals surface area contributed by atoms with Crippen LogP contribution < -0.4 is 5.32 Å². The summed E-state index contributed by atoms with van der Waals surface area (Å²) in [5, 5.41) is 4.30. The molecule has 3 heteroatoms. The third-order valence-electron chi connectivity index (χ3n) is 3.91. The minimum Gasteiger partial charge on any atom is -0.309 e. The van der Waals surface area contributed by atoms with Crippen molar-refractivity contribution in [1.29, 1.82) is 0 Å². The van der Waals surface area contributed by atoms with Gasteiger partial charge in [0.25, 0.3) is 0 Å². The topological polar surface area (TPSA) is 24.9 Å². The number of rotatable bonds is 6. The van der Waals surface area contributed by atoms with E-state index in [9.17, 15) is 0 Å². The molecule has 2 rings (SSSR count). The summed E-state index contributed by atoms with van der Waals surface area (Å²) in [4.78, 5) is 4.45. The first-order valence-electron chi connectivity index (χ1n) is 7.15. The van der Waals surface area contributed by atoms with Crippen LogP contribution in [-0.2, 0) is 0 Å². The van der Waals surface area contributed by atoms with Gasteiger partial charge in [-0.25, -0.2) is 0 Å². The van der Waals surface area contributed by atoms with Gasteiger partial charge in [0.1, 0.15) is 0 Å². The molecule has 0 aromatic carbocycles. The molecule has 0 aliphatic heterocycles. The van der Waals surface area contributed by atoms with E-state index < -0.39 is 0 Å². The summed E-state index contributed by atoms with van der Waals surface area (Å²) >= 11 is 6.25. The predicted octanol–water partition coefficient (Wildman–Crippen LogP) is 4.36. The Morgan fingerprint density at radius 1 is 1.44 bits per heavy atom. The van der Waals surface area contributed by atoms with Gasteiger partial charge in [0.05, 0.1) is 16.8 Å². The van der Waals surface area contributed by atoms with Crippen LogP contribution in [0.1, 0.15) is 57.2 Å². The SMILES string of the molecule is CCNC(CCC1CCCC1)c1ncccc1Cl. The number of hydrogen-bond acceptors (Lipinski definition) is 2. The van der Waals surface area contributed by atoms with E-state index in [0.717, 1.165) is 29.6 Å². The number of nitrogens with one attached hydrogen (secondary N) is 1. The second-order valence-corrected chi connectivity index (χ2v) is 5.62. The van der Waals surface area contributed by atoms with Gasteiger partial charge in [-0.1, -0.05) is 44.2 Å². The van der Waals surface area contributed by atoms with Crippen LogP contribution in [0.5, 0.6) is 0 Å². The highest BCUT2D eigenvalue weighted by Gasteiger charge is 2.19. The number of aromatic nitrogens is 1.